The van der Waals surface area contributed by atoms with Crippen molar-refractivity contribution in [3.63, 3.8) is 0 Å². The number of phenolic OH excluding ortho intramolecular Hbond substituents is 1. The Morgan fingerprint density at radius 3 is 2.39 bits per heavy atom. The van der Waals surface area contributed by atoms with E-state index in [9.17, 15) is 19.6 Å². The van der Waals surface area contributed by atoms with Gasteiger partial charge in [0.1, 0.15) is 17.4 Å². The van der Waals surface area contributed by atoms with E-state index < -0.39 is 25.4 Å². The zero-order valence-electron chi connectivity index (χ0n) is 12.2. The van der Waals surface area contributed by atoms with Gasteiger partial charge >= 0.3 is 7.75 Å². The van der Waals surface area contributed by atoms with Crippen molar-refractivity contribution >= 4 is 19.2 Å². The lowest BCUT2D eigenvalue weighted by Gasteiger charge is -2.22. The summed E-state index contributed by atoms with van der Waals surface area (Å²) in [7, 11) is -4.73. The normalized spacial score (nSPS) is 21.1. The van der Waals surface area contributed by atoms with Crippen molar-refractivity contribution in [3.8, 4) is 5.75 Å². The van der Waals surface area contributed by atoms with Crippen LogP contribution in [0.2, 0.25) is 0 Å². The Balaban J connectivity index is 2.36. The van der Waals surface area contributed by atoms with Gasteiger partial charge in [-0.1, -0.05) is 25.1 Å². The van der Waals surface area contributed by atoms with E-state index in [2.05, 4.69) is 4.76 Å². The molecule has 0 bridgehead atoms. The molecular formula is C15H16NO6P. The van der Waals surface area contributed by atoms with Crippen LogP contribution in [0.3, 0.4) is 0 Å². The minimum absolute atomic E-state index is 0.0560. The molecule has 0 radical (unpaired) electrons. The number of aliphatic hydroxyl groups is 1. The Morgan fingerprint density at radius 1 is 1.22 bits per heavy atom. The molecule has 8 heteroatoms. The van der Waals surface area contributed by atoms with Crippen molar-refractivity contribution in [2.45, 2.75) is 12.8 Å². The van der Waals surface area contributed by atoms with Crippen LogP contribution in [0, 0.1) is 5.92 Å². The molecule has 7 nitrogen and oxygen atoms in total. The van der Waals surface area contributed by atoms with E-state index in [1.54, 1.807) is 19.1 Å². The van der Waals surface area contributed by atoms with E-state index in [0.29, 0.717) is 5.56 Å². The molecule has 122 valence electrons. The summed E-state index contributed by atoms with van der Waals surface area (Å²) in [6.45, 7) is 1.61. The van der Waals surface area contributed by atoms with Crippen LogP contribution < -0.4 is 0 Å². The summed E-state index contributed by atoms with van der Waals surface area (Å²) < 4.78 is 14.3. The summed E-state index contributed by atoms with van der Waals surface area (Å²) in [5, 5.41) is 19.3. The van der Waals surface area contributed by atoms with Gasteiger partial charge in [0.2, 0.25) is 0 Å². The summed E-state index contributed by atoms with van der Waals surface area (Å²) in [5.41, 5.74) is 0.416. The summed E-state index contributed by atoms with van der Waals surface area (Å²) in [4.78, 5) is 30.6. The average Bonchev–Trinajstić information content (AvgIpc) is 2.45. The van der Waals surface area contributed by atoms with E-state index in [1.807, 2.05) is 0 Å². The van der Waals surface area contributed by atoms with Crippen molar-refractivity contribution < 1.29 is 29.4 Å². The van der Waals surface area contributed by atoms with Crippen molar-refractivity contribution in [2.75, 3.05) is 0 Å². The van der Waals surface area contributed by atoms with Crippen LogP contribution in [-0.4, -0.2) is 31.5 Å². The Labute approximate surface area is 132 Å². The molecular weight excluding hydrogens is 321 g/mol. The summed E-state index contributed by atoms with van der Waals surface area (Å²) in [6, 6.07) is 5.99. The van der Waals surface area contributed by atoms with Crippen molar-refractivity contribution in [2.24, 2.45) is 10.7 Å². The SMILES string of the molecule is CC(C(=O)C1C(O)=CC=C/C1=N\P(=O)(O)O)c1ccc(O)cc1. The van der Waals surface area contributed by atoms with E-state index in [4.69, 9.17) is 9.79 Å². The molecule has 2 atom stereocenters. The number of carbonyl (C=O) groups excluding carboxylic acids is 1. The lowest BCUT2D eigenvalue weighted by atomic mass is 9.83. The van der Waals surface area contributed by atoms with Crippen molar-refractivity contribution in [1.29, 1.82) is 0 Å². The lowest BCUT2D eigenvalue weighted by Crippen LogP contribution is -2.30. The molecule has 2 rings (SSSR count). The highest BCUT2D eigenvalue weighted by atomic mass is 31.2. The Morgan fingerprint density at radius 2 is 1.83 bits per heavy atom. The maximum atomic E-state index is 12.7. The maximum Gasteiger partial charge on any atom is 0.448 e. The van der Waals surface area contributed by atoms with Gasteiger partial charge in [0.15, 0.2) is 5.78 Å². The van der Waals surface area contributed by atoms with Crippen LogP contribution in [-0.2, 0) is 9.36 Å². The minimum Gasteiger partial charge on any atom is -0.511 e. The number of Topliss-reactive ketones (excluding diaryl/α,β-unsaturated/α-hetero) is 1. The average molecular weight is 337 g/mol. The molecule has 0 heterocycles. The van der Waals surface area contributed by atoms with Crippen LogP contribution in [0.1, 0.15) is 18.4 Å². The highest BCUT2D eigenvalue weighted by molar-refractivity contribution is 7.50. The number of carbonyl (C=O) groups is 1. The van der Waals surface area contributed by atoms with Gasteiger partial charge in [-0.2, -0.15) is 4.76 Å². The third-order valence-electron chi connectivity index (χ3n) is 3.48. The van der Waals surface area contributed by atoms with E-state index in [0.717, 1.165) is 0 Å². The van der Waals surface area contributed by atoms with Crippen LogP contribution >= 0.6 is 7.75 Å². The fourth-order valence-corrected chi connectivity index (χ4v) is 2.78. The Hall–Kier alpha value is -2.21. The van der Waals surface area contributed by atoms with Crippen LogP contribution in [0.5, 0.6) is 5.75 Å². The van der Waals surface area contributed by atoms with Gasteiger partial charge in [-0.3, -0.25) is 4.79 Å². The number of aliphatic hydroxyl groups excluding tert-OH is 1. The van der Waals surface area contributed by atoms with Crippen LogP contribution in [0.15, 0.2) is 53.0 Å². The number of ketones is 1. The molecule has 0 saturated carbocycles. The molecule has 1 aromatic rings. The Bertz CT molecular complexity index is 744. The number of benzene rings is 1. The smallest absolute Gasteiger partial charge is 0.448 e. The number of hydrogen-bond donors (Lipinski definition) is 4. The monoisotopic (exact) mass is 337 g/mol. The zero-order valence-corrected chi connectivity index (χ0v) is 13.1. The molecule has 0 amide bonds. The predicted molar refractivity (Wildman–Crippen MR) is 84.3 cm³/mol. The standard InChI is InChI=1S/C15H16NO6P/c1-9(10-5-7-11(17)8-6-10)15(19)14-12(16-23(20,21)22)3-2-4-13(14)18/h2-9,14,17-18H,1H3,(H2,20,21,22)/b16-12+. The largest absolute Gasteiger partial charge is 0.511 e. The molecule has 0 fully saturated rings. The van der Waals surface area contributed by atoms with Gasteiger partial charge in [0, 0.05) is 5.92 Å². The molecule has 1 aliphatic carbocycles. The molecule has 0 aromatic heterocycles. The molecule has 23 heavy (non-hydrogen) atoms. The van der Waals surface area contributed by atoms with Crippen molar-refractivity contribution in [3.05, 3.63) is 53.8 Å². The summed E-state index contributed by atoms with van der Waals surface area (Å²) >= 11 is 0. The van der Waals surface area contributed by atoms with Crippen LogP contribution in [0.25, 0.3) is 0 Å². The molecule has 0 aliphatic heterocycles. The van der Waals surface area contributed by atoms with Gasteiger partial charge in [0.05, 0.1) is 5.71 Å². The number of phenols is 1. The second-order valence-electron chi connectivity index (χ2n) is 5.14. The van der Waals surface area contributed by atoms with Crippen molar-refractivity contribution in [1.82, 2.24) is 0 Å². The zero-order chi connectivity index (χ0) is 17.2. The Kier molecular flexibility index (Phi) is 4.85. The third-order valence-corrected chi connectivity index (χ3v) is 3.97. The molecule has 1 aliphatic rings. The van der Waals surface area contributed by atoms with E-state index in [-0.39, 0.29) is 17.2 Å². The molecule has 0 saturated heterocycles. The second kappa shape index (κ2) is 6.50. The van der Waals surface area contributed by atoms with Gasteiger partial charge in [-0.05, 0) is 29.8 Å². The maximum absolute atomic E-state index is 12.7. The molecule has 1 aromatic carbocycles. The van der Waals surface area contributed by atoms with Gasteiger partial charge in [0.25, 0.3) is 0 Å². The fourth-order valence-electron chi connectivity index (χ4n) is 2.30. The number of nitrogens with zero attached hydrogens (tertiary/aromatic N) is 1. The van der Waals surface area contributed by atoms with Gasteiger partial charge < -0.3 is 20.0 Å². The summed E-state index contributed by atoms with van der Waals surface area (Å²) in [5.74, 6) is -2.63. The highest BCUT2D eigenvalue weighted by Crippen LogP contribution is 2.39. The summed E-state index contributed by atoms with van der Waals surface area (Å²) in [6.07, 6.45) is 3.93. The first-order valence-electron chi connectivity index (χ1n) is 6.74. The third kappa shape index (κ3) is 4.16. The fraction of sp³-hybridized carbons (Fsp3) is 0.200. The lowest BCUT2D eigenvalue weighted by molar-refractivity contribution is -0.121. The minimum atomic E-state index is -4.73. The molecule has 0 spiro atoms. The molecule has 4 N–H and O–H groups in total. The number of allylic oxidation sites excluding steroid dienone is 4. The van der Waals surface area contributed by atoms with Gasteiger partial charge in [-0.15, -0.1) is 0 Å². The topological polar surface area (TPSA) is 127 Å². The first-order chi connectivity index (χ1) is 10.7. The van der Waals surface area contributed by atoms with E-state index in [1.165, 1.54) is 30.4 Å². The quantitative estimate of drug-likeness (QED) is 0.624. The molecule has 2 unspecified atom stereocenters. The van der Waals surface area contributed by atoms with Gasteiger partial charge in [-0.25, -0.2) is 4.57 Å². The highest BCUT2D eigenvalue weighted by Gasteiger charge is 2.34. The van der Waals surface area contributed by atoms with Crippen LogP contribution in [0.4, 0.5) is 0 Å². The number of aromatic hydroxyl groups is 1. The first-order valence-corrected chi connectivity index (χ1v) is 8.31. The predicted octanol–water partition coefficient (Wildman–Crippen LogP) is 2.23. The first kappa shape index (κ1) is 17.1. The van der Waals surface area contributed by atoms with E-state index >= 15 is 0 Å². The second-order valence-corrected chi connectivity index (χ2v) is 6.36. The number of rotatable bonds is 4. The number of hydrogen-bond acceptors (Lipinski definition) is 4.